The van der Waals surface area contributed by atoms with Gasteiger partial charge in [0.15, 0.2) is 5.96 Å². The predicted octanol–water partition coefficient (Wildman–Crippen LogP) is 2.54. The molecule has 1 rings (SSSR count). The molecule has 1 unspecified atom stereocenters. The maximum atomic E-state index is 11.9. The van der Waals surface area contributed by atoms with Gasteiger partial charge in [-0.05, 0) is 29.5 Å². The van der Waals surface area contributed by atoms with Crippen LogP contribution in [0.1, 0.15) is 26.3 Å². The molecule has 2 N–H and O–H groups in total. The zero-order valence-electron chi connectivity index (χ0n) is 18.7. The number of hydrogen-bond donors (Lipinski definition) is 2. The highest BCUT2D eigenvalue weighted by atomic mass is 127. The van der Waals surface area contributed by atoms with Gasteiger partial charge in [-0.3, -0.25) is 4.79 Å². The van der Waals surface area contributed by atoms with Gasteiger partial charge in [0, 0.05) is 34.3 Å². The second-order valence-corrected chi connectivity index (χ2v) is 7.95. The van der Waals surface area contributed by atoms with Gasteiger partial charge < -0.3 is 25.0 Å². The number of nitrogens with zero attached hydrogens (tertiary/aromatic N) is 2. The Bertz CT molecular complexity index is 628. The number of rotatable bonds is 9. The number of carbonyl (C=O) groups is 1. The van der Waals surface area contributed by atoms with E-state index in [0.29, 0.717) is 19.0 Å². The predicted molar refractivity (Wildman–Crippen MR) is 129 cm³/mol. The quantitative estimate of drug-likeness (QED) is 0.298. The molecule has 0 aliphatic heterocycles. The second-order valence-electron chi connectivity index (χ2n) is 7.95. The van der Waals surface area contributed by atoms with E-state index < -0.39 is 0 Å². The molecule has 0 bridgehead atoms. The van der Waals surface area contributed by atoms with Crippen molar-refractivity contribution < 1.29 is 14.3 Å². The summed E-state index contributed by atoms with van der Waals surface area (Å²) in [5, 5.41) is 6.60. The van der Waals surface area contributed by atoms with Crippen molar-refractivity contribution >= 4 is 35.8 Å². The van der Waals surface area contributed by atoms with Crippen molar-refractivity contribution in [1.82, 2.24) is 15.5 Å². The van der Waals surface area contributed by atoms with E-state index >= 15 is 0 Å². The molecule has 0 aliphatic rings. The highest BCUT2D eigenvalue weighted by Crippen LogP contribution is 2.20. The molecule has 29 heavy (non-hydrogen) atoms. The molecule has 1 atom stereocenters. The van der Waals surface area contributed by atoms with E-state index in [9.17, 15) is 4.79 Å². The van der Waals surface area contributed by atoms with Gasteiger partial charge >= 0.3 is 0 Å². The molecule has 8 heteroatoms. The van der Waals surface area contributed by atoms with Crippen LogP contribution in [-0.4, -0.2) is 70.8 Å². The van der Waals surface area contributed by atoms with E-state index in [4.69, 9.17) is 9.47 Å². The summed E-state index contributed by atoms with van der Waals surface area (Å²) in [4.78, 5) is 17.8. The topological polar surface area (TPSA) is 75.2 Å². The lowest BCUT2D eigenvalue weighted by Crippen LogP contribution is -2.46. The Morgan fingerprint density at radius 1 is 1.14 bits per heavy atom. The van der Waals surface area contributed by atoms with Crippen LogP contribution in [0.15, 0.2) is 29.3 Å². The Kier molecular flexibility index (Phi) is 12.9. The monoisotopic (exact) mass is 520 g/mol. The fourth-order valence-electron chi connectivity index (χ4n) is 2.51. The number of benzene rings is 1. The van der Waals surface area contributed by atoms with E-state index in [2.05, 4.69) is 36.4 Å². The molecule has 0 radical (unpaired) electrons. The van der Waals surface area contributed by atoms with Crippen molar-refractivity contribution in [1.29, 1.82) is 0 Å². The lowest BCUT2D eigenvalue weighted by atomic mass is 9.89. The van der Waals surface area contributed by atoms with Crippen molar-refractivity contribution in [3.63, 3.8) is 0 Å². The summed E-state index contributed by atoms with van der Waals surface area (Å²) in [7, 11) is 6.82. The second kappa shape index (κ2) is 13.6. The van der Waals surface area contributed by atoms with Gasteiger partial charge in [-0.15, -0.1) is 24.0 Å². The molecule has 1 amide bonds. The number of aliphatic imine (C=N–C) groups is 1. The molecule has 0 saturated heterocycles. The molecule has 1 aromatic carbocycles. The maximum Gasteiger partial charge on any atom is 0.243 e. The molecule has 0 aliphatic carbocycles. The third kappa shape index (κ3) is 10.7. The SMILES string of the molecule is COc1ccc(CCNC(=NCC(=O)N(C)C)NCC(OC)C(C)(C)C)cc1.I. The van der Waals surface area contributed by atoms with Crippen molar-refractivity contribution in [3.8, 4) is 5.75 Å². The summed E-state index contributed by atoms with van der Waals surface area (Å²) in [6, 6.07) is 7.98. The number of likely N-dealkylation sites (N-methyl/N-ethyl adjacent to an activating group) is 1. The average molecular weight is 520 g/mol. The van der Waals surface area contributed by atoms with E-state index in [1.165, 1.54) is 10.5 Å². The summed E-state index contributed by atoms with van der Waals surface area (Å²) in [6.45, 7) is 7.79. The first-order valence-electron chi connectivity index (χ1n) is 9.55. The Balaban J connectivity index is 0.00000784. The van der Waals surface area contributed by atoms with Crippen molar-refractivity contribution in [3.05, 3.63) is 29.8 Å². The first kappa shape index (κ1) is 27.5. The summed E-state index contributed by atoms with van der Waals surface area (Å²) >= 11 is 0. The highest BCUT2D eigenvalue weighted by molar-refractivity contribution is 14.0. The smallest absolute Gasteiger partial charge is 0.243 e. The maximum absolute atomic E-state index is 11.9. The number of hydrogen-bond acceptors (Lipinski definition) is 4. The fraction of sp³-hybridized carbons (Fsp3) is 0.619. The molecule has 166 valence electrons. The lowest BCUT2D eigenvalue weighted by Gasteiger charge is -2.30. The first-order valence-corrected chi connectivity index (χ1v) is 9.55. The molecule has 0 spiro atoms. The Labute approximate surface area is 192 Å². The minimum absolute atomic E-state index is 0. The van der Waals surface area contributed by atoms with Crippen LogP contribution < -0.4 is 15.4 Å². The average Bonchev–Trinajstić information content (AvgIpc) is 2.65. The van der Waals surface area contributed by atoms with Gasteiger partial charge in [-0.25, -0.2) is 4.99 Å². The summed E-state index contributed by atoms with van der Waals surface area (Å²) in [5.41, 5.74) is 1.19. The molecular formula is C21H37IN4O3. The molecule has 7 nitrogen and oxygen atoms in total. The van der Waals surface area contributed by atoms with Crippen LogP contribution in [0.3, 0.4) is 0 Å². The Morgan fingerprint density at radius 3 is 2.24 bits per heavy atom. The molecule has 0 aromatic heterocycles. The van der Waals surface area contributed by atoms with Crippen molar-refractivity contribution in [2.75, 3.05) is 47.9 Å². The van der Waals surface area contributed by atoms with Gasteiger partial charge in [0.05, 0.1) is 13.2 Å². The van der Waals surface area contributed by atoms with Crippen LogP contribution in [0.5, 0.6) is 5.75 Å². The zero-order valence-corrected chi connectivity index (χ0v) is 21.1. The van der Waals surface area contributed by atoms with E-state index in [1.807, 2.05) is 24.3 Å². The molecule has 0 saturated carbocycles. The molecule has 0 heterocycles. The highest BCUT2D eigenvalue weighted by Gasteiger charge is 2.24. The Hall–Kier alpha value is -1.55. The number of guanidine groups is 1. The fourth-order valence-corrected chi connectivity index (χ4v) is 2.51. The van der Waals surface area contributed by atoms with Gasteiger partial charge in [0.2, 0.25) is 5.91 Å². The van der Waals surface area contributed by atoms with Crippen molar-refractivity contribution in [2.45, 2.75) is 33.3 Å². The van der Waals surface area contributed by atoms with Gasteiger partial charge in [-0.2, -0.15) is 0 Å². The zero-order chi connectivity index (χ0) is 21.2. The number of methoxy groups -OCH3 is 2. The van der Waals surface area contributed by atoms with Gasteiger partial charge in [-0.1, -0.05) is 32.9 Å². The van der Waals surface area contributed by atoms with E-state index in [1.54, 1.807) is 28.3 Å². The summed E-state index contributed by atoms with van der Waals surface area (Å²) in [5.74, 6) is 1.40. The van der Waals surface area contributed by atoms with Gasteiger partial charge in [0.25, 0.3) is 0 Å². The van der Waals surface area contributed by atoms with E-state index in [0.717, 1.165) is 12.2 Å². The van der Waals surface area contributed by atoms with Crippen molar-refractivity contribution in [2.24, 2.45) is 10.4 Å². The third-order valence-electron chi connectivity index (χ3n) is 4.44. The van der Waals surface area contributed by atoms with Crippen LogP contribution in [-0.2, 0) is 16.0 Å². The number of nitrogens with one attached hydrogen (secondary N) is 2. The largest absolute Gasteiger partial charge is 0.497 e. The van der Waals surface area contributed by atoms with Crippen LogP contribution in [0, 0.1) is 5.41 Å². The molecule has 1 aromatic rings. The number of carbonyl (C=O) groups excluding carboxylic acids is 1. The van der Waals surface area contributed by atoms with E-state index in [-0.39, 0.29) is 47.9 Å². The number of ether oxygens (including phenoxy) is 2. The van der Waals surface area contributed by atoms with Gasteiger partial charge in [0.1, 0.15) is 12.3 Å². The molecular weight excluding hydrogens is 483 g/mol. The molecule has 0 fully saturated rings. The minimum atomic E-state index is -0.0460. The summed E-state index contributed by atoms with van der Waals surface area (Å²) < 4.78 is 10.8. The number of halogens is 1. The standard InChI is InChI=1S/C21H36N4O3.HI/c1-21(2,3)18(28-7)14-23-20(24-15-19(26)25(4)5)22-13-12-16-8-10-17(27-6)11-9-16;/h8-11,18H,12-15H2,1-7H3,(H2,22,23,24);1H. The number of amides is 1. The Morgan fingerprint density at radius 2 is 1.76 bits per heavy atom. The minimum Gasteiger partial charge on any atom is -0.497 e. The third-order valence-corrected chi connectivity index (χ3v) is 4.44. The summed E-state index contributed by atoms with van der Waals surface area (Å²) in [6.07, 6.45) is 0.852. The van der Waals surface area contributed by atoms with Crippen LogP contribution in [0.4, 0.5) is 0 Å². The first-order chi connectivity index (χ1) is 13.2. The normalized spacial score (nSPS) is 12.6. The van der Waals surface area contributed by atoms with Crippen LogP contribution >= 0.6 is 24.0 Å². The van der Waals surface area contributed by atoms with Crippen LogP contribution in [0.25, 0.3) is 0 Å². The van der Waals surface area contributed by atoms with Crippen LogP contribution in [0.2, 0.25) is 0 Å². The lowest BCUT2D eigenvalue weighted by molar-refractivity contribution is -0.127.